The lowest BCUT2D eigenvalue weighted by Gasteiger charge is -2.10. The van der Waals surface area contributed by atoms with Crippen LogP contribution in [0.2, 0.25) is 0 Å². The van der Waals surface area contributed by atoms with Crippen LogP contribution in [0.15, 0.2) is 48.5 Å². The lowest BCUT2D eigenvalue weighted by Crippen LogP contribution is -2.32. The normalized spacial score (nSPS) is 10.1. The van der Waals surface area contributed by atoms with E-state index in [1.807, 2.05) is 24.3 Å². The third-order valence-electron chi connectivity index (χ3n) is 3.50. The van der Waals surface area contributed by atoms with E-state index < -0.39 is 12.0 Å². The summed E-state index contributed by atoms with van der Waals surface area (Å²) >= 11 is 0. The van der Waals surface area contributed by atoms with Gasteiger partial charge in [0.1, 0.15) is 5.75 Å². The van der Waals surface area contributed by atoms with Gasteiger partial charge in [0.05, 0.1) is 6.42 Å². The monoisotopic (exact) mass is 342 g/mol. The van der Waals surface area contributed by atoms with Crippen LogP contribution >= 0.6 is 0 Å². The van der Waals surface area contributed by atoms with E-state index in [2.05, 4.69) is 17.6 Å². The van der Waals surface area contributed by atoms with Crippen LogP contribution in [0.1, 0.15) is 24.5 Å². The fourth-order valence-corrected chi connectivity index (χ4v) is 2.28. The van der Waals surface area contributed by atoms with E-state index in [0.29, 0.717) is 17.0 Å². The fourth-order valence-electron chi connectivity index (χ4n) is 2.28. The van der Waals surface area contributed by atoms with E-state index in [0.717, 1.165) is 12.8 Å². The zero-order chi connectivity index (χ0) is 18.1. The van der Waals surface area contributed by atoms with Gasteiger partial charge in [-0.25, -0.2) is 4.79 Å². The number of carbonyl (C=O) groups is 2. The summed E-state index contributed by atoms with van der Waals surface area (Å²) in [6, 6.07) is 14.0. The molecule has 132 valence electrons. The van der Waals surface area contributed by atoms with Crippen molar-refractivity contribution in [3.8, 4) is 5.75 Å². The average Bonchev–Trinajstić information content (AvgIpc) is 2.58. The van der Waals surface area contributed by atoms with Gasteiger partial charge < -0.3 is 20.5 Å². The molecule has 0 saturated heterocycles. The summed E-state index contributed by atoms with van der Waals surface area (Å²) in [7, 11) is 0. The molecule has 0 radical (unpaired) electrons. The van der Waals surface area contributed by atoms with Crippen molar-refractivity contribution in [3.63, 3.8) is 0 Å². The molecule has 0 spiro atoms. The summed E-state index contributed by atoms with van der Waals surface area (Å²) in [6.07, 6.45) is 2.09. The quantitative estimate of drug-likeness (QED) is 0.641. The summed E-state index contributed by atoms with van der Waals surface area (Å²) in [4.78, 5) is 22.4. The number of urea groups is 1. The predicted molar refractivity (Wildman–Crippen MR) is 95.9 cm³/mol. The molecule has 6 nitrogen and oxygen atoms in total. The van der Waals surface area contributed by atoms with Crippen molar-refractivity contribution >= 4 is 17.7 Å². The van der Waals surface area contributed by atoms with Crippen molar-refractivity contribution in [2.75, 3.05) is 12.0 Å². The first kappa shape index (κ1) is 18.3. The minimum absolute atomic E-state index is 0.0443. The van der Waals surface area contributed by atoms with Gasteiger partial charge >= 0.3 is 12.0 Å². The second-order valence-electron chi connectivity index (χ2n) is 5.58. The van der Waals surface area contributed by atoms with Crippen LogP contribution in [0.5, 0.6) is 5.75 Å². The van der Waals surface area contributed by atoms with Gasteiger partial charge in [-0.05, 0) is 41.8 Å². The van der Waals surface area contributed by atoms with Gasteiger partial charge in [0.2, 0.25) is 0 Å². The van der Waals surface area contributed by atoms with E-state index >= 15 is 0 Å². The Bertz CT molecular complexity index is 696. The van der Waals surface area contributed by atoms with Crippen molar-refractivity contribution in [1.29, 1.82) is 0 Å². The lowest BCUT2D eigenvalue weighted by molar-refractivity contribution is -0.136. The molecule has 0 aromatic heterocycles. The molecule has 6 heteroatoms. The third-order valence-corrected chi connectivity index (χ3v) is 3.50. The highest BCUT2D eigenvalue weighted by Gasteiger charge is 2.04. The first-order valence-corrected chi connectivity index (χ1v) is 8.14. The molecule has 0 fully saturated rings. The smallest absolute Gasteiger partial charge is 0.321 e. The number of benzene rings is 2. The van der Waals surface area contributed by atoms with Crippen LogP contribution < -0.4 is 15.4 Å². The summed E-state index contributed by atoms with van der Waals surface area (Å²) in [6.45, 7) is 2.18. The van der Waals surface area contributed by atoms with Gasteiger partial charge in [-0.1, -0.05) is 37.6 Å². The maximum absolute atomic E-state index is 11.8. The number of rotatable bonds is 8. The number of hydrogen-bond donors (Lipinski definition) is 3. The van der Waals surface area contributed by atoms with Crippen LogP contribution in [0.25, 0.3) is 0 Å². The molecule has 2 rings (SSSR count). The van der Waals surface area contributed by atoms with E-state index in [1.165, 1.54) is 5.56 Å². The van der Waals surface area contributed by atoms with Crippen LogP contribution in [0, 0.1) is 0 Å². The molecule has 3 N–H and O–H groups in total. The number of aliphatic carboxylic acids is 1. The number of nitrogens with one attached hydrogen (secondary N) is 2. The second-order valence-corrected chi connectivity index (χ2v) is 5.58. The van der Waals surface area contributed by atoms with Crippen molar-refractivity contribution in [1.82, 2.24) is 5.32 Å². The molecular formula is C19H22N2O4. The number of amides is 2. The molecule has 25 heavy (non-hydrogen) atoms. The molecule has 2 amide bonds. The van der Waals surface area contributed by atoms with Crippen molar-refractivity contribution in [2.45, 2.75) is 26.2 Å². The predicted octanol–water partition coefficient (Wildman–Crippen LogP) is 3.42. The van der Waals surface area contributed by atoms with Crippen molar-refractivity contribution in [2.24, 2.45) is 0 Å². The Morgan fingerprint density at radius 3 is 2.24 bits per heavy atom. The molecular weight excluding hydrogens is 320 g/mol. The molecule has 0 saturated carbocycles. The molecule has 0 unspecified atom stereocenters. The average molecular weight is 342 g/mol. The van der Waals surface area contributed by atoms with Gasteiger partial charge in [-0.3, -0.25) is 4.79 Å². The highest BCUT2D eigenvalue weighted by molar-refractivity contribution is 5.89. The summed E-state index contributed by atoms with van der Waals surface area (Å²) in [5, 5.41) is 14.0. The Balaban J connectivity index is 1.74. The molecule has 0 aliphatic heterocycles. The molecule has 2 aromatic rings. The van der Waals surface area contributed by atoms with Crippen LogP contribution in [0.3, 0.4) is 0 Å². The van der Waals surface area contributed by atoms with Gasteiger partial charge in [0.25, 0.3) is 0 Å². The Morgan fingerprint density at radius 1 is 1.00 bits per heavy atom. The zero-order valence-corrected chi connectivity index (χ0v) is 14.1. The highest BCUT2D eigenvalue weighted by atomic mass is 16.5. The standard InChI is InChI=1S/C19H22N2O4/c1-2-3-14-6-10-17(11-7-14)25-13-20-19(24)21-16-8-4-15(5-9-16)12-18(22)23/h4-11H,2-3,12-13H2,1H3,(H,22,23)(H2,20,21,24). The van der Waals surface area contributed by atoms with E-state index in [9.17, 15) is 9.59 Å². The molecule has 0 heterocycles. The number of ether oxygens (including phenoxy) is 1. The summed E-state index contributed by atoms with van der Waals surface area (Å²) in [5.74, 6) is -0.198. The van der Waals surface area contributed by atoms with E-state index in [1.54, 1.807) is 24.3 Å². The number of aryl methyl sites for hydroxylation is 1. The van der Waals surface area contributed by atoms with Crippen LogP contribution in [-0.2, 0) is 17.6 Å². The van der Waals surface area contributed by atoms with Gasteiger partial charge in [-0.2, -0.15) is 0 Å². The molecule has 0 aliphatic rings. The Hall–Kier alpha value is -3.02. The number of carboxylic acids is 1. The summed E-state index contributed by atoms with van der Waals surface area (Å²) in [5.41, 5.74) is 2.51. The summed E-state index contributed by atoms with van der Waals surface area (Å²) < 4.78 is 5.47. The Morgan fingerprint density at radius 2 is 1.64 bits per heavy atom. The molecule has 0 bridgehead atoms. The maximum atomic E-state index is 11.8. The fraction of sp³-hybridized carbons (Fsp3) is 0.263. The lowest BCUT2D eigenvalue weighted by atomic mass is 10.1. The number of carbonyl (C=O) groups excluding carboxylic acids is 1. The minimum Gasteiger partial charge on any atom is -0.481 e. The van der Waals surface area contributed by atoms with Crippen molar-refractivity contribution in [3.05, 3.63) is 59.7 Å². The third kappa shape index (κ3) is 6.55. The number of hydrogen-bond acceptors (Lipinski definition) is 3. The SMILES string of the molecule is CCCc1ccc(OCNC(=O)Nc2ccc(CC(=O)O)cc2)cc1. The number of anilines is 1. The minimum atomic E-state index is -0.890. The highest BCUT2D eigenvalue weighted by Crippen LogP contribution is 2.13. The van der Waals surface area contributed by atoms with Gasteiger partial charge in [0, 0.05) is 5.69 Å². The van der Waals surface area contributed by atoms with Gasteiger partial charge in [0.15, 0.2) is 6.73 Å². The largest absolute Gasteiger partial charge is 0.481 e. The first-order chi connectivity index (χ1) is 12.1. The van der Waals surface area contributed by atoms with Crippen LogP contribution in [-0.4, -0.2) is 23.8 Å². The topological polar surface area (TPSA) is 87.7 Å². The van der Waals surface area contributed by atoms with Crippen LogP contribution in [0.4, 0.5) is 10.5 Å². The molecule has 0 atom stereocenters. The van der Waals surface area contributed by atoms with E-state index in [-0.39, 0.29) is 13.2 Å². The molecule has 2 aromatic carbocycles. The Labute approximate surface area is 146 Å². The molecule has 0 aliphatic carbocycles. The van der Waals surface area contributed by atoms with Crippen molar-refractivity contribution < 1.29 is 19.4 Å². The Kier molecular flexibility index (Phi) is 6.83. The zero-order valence-electron chi connectivity index (χ0n) is 14.1. The second kappa shape index (κ2) is 9.32. The number of carboxylic acid groups (broad SMARTS) is 1. The van der Waals surface area contributed by atoms with Gasteiger partial charge in [-0.15, -0.1) is 0 Å². The maximum Gasteiger partial charge on any atom is 0.321 e. The first-order valence-electron chi connectivity index (χ1n) is 8.14. The van der Waals surface area contributed by atoms with E-state index in [4.69, 9.17) is 9.84 Å².